The van der Waals surface area contributed by atoms with Crippen LogP contribution in [0.4, 0.5) is 0 Å². The van der Waals surface area contributed by atoms with Crippen LogP contribution in [0.5, 0.6) is 0 Å². The molecule has 5 nitrogen and oxygen atoms in total. The van der Waals surface area contributed by atoms with E-state index in [-0.39, 0.29) is 46.2 Å². The van der Waals surface area contributed by atoms with Crippen molar-refractivity contribution in [1.29, 1.82) is 0 Å². The molecule has 5 heteroatoms. The van der Waals surface area contributed by atoms with Gasteiger partial charge in [-0.25, -0.2) is 0 Å². The molecule has 0 aliphatic heterocycles. The maximum absolute atomic E-state index is 13.0. The molecule has 0 bridgehead atoms. The molecule has 12 atom stereocenters. The summed E-state index contributed by atoms with van der Waals surface area (Å²) in [5, 5.41) is 33.5. The summed E-state index contributed by atoms with van der Waals surface area (Å²) < 4.78 is 6.50. The molecule has 0 saturated heterocycles. The molecule has 0 aromatic rings. The van der Waals surface area contributed by atoms with Gasteiger partial charge in [0.15, 0.2) is 0 Å². The average Bonchev–Trinajstić information content (AvgIpc) is 3.42. The van der Waals surface area contributed by atoms with Crippen LogP contribution in [0.25, 0.3) is 0 Å². The molecule has 3 N–H and O–H groups in total. The average molecular weight is 517 g/mol. The topological polar surface area (TPSA) is 87.0 Å². The van der Waals surface area contributed by atoms with Crippen LogP contribution >= 0.6 is 0 Å². The van der Waals surface area contributed by atoms with Gasteiger partial charge in [-0.1, -0.05) is 39.3 Å². The number of allylic oxidation sites excluding steroid dienone is 2. The lowest BCUT2D eigenvalue weighted by Crippen LogP contribution is -2.66. The summed E-state index contributed by atoms with van der Waals surface area (Å²) in [6.07, 6.45) is 8.97. The van der Waals surface area contributed by atoms with Crippen LogP contribution in [0, 0.1) is 50.7 Å². The van der Waals surface area contributed by atoms with Crippen LogP contribution in [0.2, 0.25) is 0 Å². The molecule has 5 fully saturated rings. The third kappa shape index (κ3) is 3.41. The van der Waals surface area contributed by atoms with E-state index in [4.69, 9.17) is 4.74 Å². The van der Waals surface area contributed by atoms with Crippen molar-refractivity contribution in [3.05, 3.63) is 11.6 Å². The lowest BCUT2D eigenvalue weighted by atomic mass is 9.36. The van der Waals surface area contributed by atoms with Crippen LogP contribution in [-0.4, -0.2) is 46.2 Å². The lowest BCUT2D eigenvalue weighted by Gasteiger charge is -2.69. The van der Waals surface area contributed by atoms with E-state index >= 15 is 0 Å². The van der Waals surface area contributed by atoms with Crippen molar-refractivity contribution in [2.75, 3.05) is 6.61 Å². The second kappa shape index (κ2) is 8.80. The van der Waals surface area contributed by atoms with Gasteiger partial charge in [0.1, 0.15) is 0 Å². The molecule has 5 saturated carbocycles. The number of carboxylic acids is 1. The van der Waals surface area contributed by atoms with Crippen molar-refractivity contribution in [2.24, 2.45) is 50.7 Å². The molecule has 5 rings (SSSR count). The maximum atomic E-state index is 13.0. The third-order valence-corrected chi connectivity index (χ3v) is 13.4. The quantitative estimate of drug-likeness (QED) is 0.365. The minimum atomic E-state index is -0.769. The molecule has 0 radical (unpaired) electrons. The zero-order chi connectivity index (χ0) is 27.2. The summed E-state index contributed by atoms with van der Waals surface area (Å²) in [4.78, 5) is 13.0. The van der Waals surface area contributed by atoms with Gasteiger partial charge in [0.25, 0.3) is 0 Å². The minimum Gasteiger partial charge on any atom is -0.481 e. The molecule has 5 aliphatic carbocycles. The first kappa shape index (κ1) is 27.6. The number of fused-ring (bicyclic) bond motifs is 6. The molecule has 0 amide bonds. The van der Waals surface area contributed by atoms with Gasteiger partial charge in [0, 0.05) is 12.0 Å². The number of aliphatic hydroxyl groups is 2. The Labute approximate surface area is 224 Å². The fourth-order valence-electron chi connectivity index (χ4n) is 11.6. The highest BCUT2D eigenvalue weighted by atomic mass is 16.5. The Morgan fingerprint density at radius 3 is 2.38 bits per heavy atom. The maximum Gasteiger partial charge on any atom is 0.310 e. The molecule has 1 unspecified atom stereocenters. The van der Waals surface area contributed by atoms with E-state index in [1.54, 1.807) is 0 Å². The fourth-order valence-corrected chi connectivity index (χ4v) is 11.6. The van der Waals surface area contributed by atoms with Gasteiger partial charge in [-0.3, -0.25) is 4.79 Å². The largest absolute Gasteiger partial charge is 0.481 e. The second-order valence-corrected chi connectivity index (χ2v) is 14.9. The van der Waals surface area contributed by atoms with Crippen LogP contribution in [0.15, 0.2) is 11.6 Å². The number of ether oxygens (including phenoxy) is 1. The number of aliphatic hydroxyl groups excluding tert-OH is 2. The van der Waals surface area contributed by atoms with E-state index in [2.05, 4.69) is 47.6 Å². The van der Waals surface area contributed by atoms with Crippen molar-refractivity contribution >= 4 is 5.97 Å². The summed E-state index contributed by atoms with van der Waals surface area (Å²) in [6, 6.07) is 0. The zero-order valence-corrected chi connectivity index (χ0v) is 24.3. The summed E-state index contributed by atoms with van der Waals surface area (Å²) in [6.45, 7) is 16.3. The summed E-state index contributed by atoms with van der Waals surface area (Å²) in [5.41, 5.74) is -0.122. The minimum absolute atomic E-state index is 0.00715. The fraction of sp³-hybridized carbons (Fsp3) is 0.906. The molecule has 0 heterocycles. The van der Waals surface area contributed by atoms with Crippen molar-refractivity contribution in [2.45, 2.75) is 125 Å². The Morgan fingerprint density at radius 1 is 1.05 bits per heavy atom. The van der Waals surface area contributed by atoms with Crippen LogP contribution < -0.4 is 0 Å². The summed E-state index contributed by atoms with van der Waals surface area (Å²) in [7, 11) is 0. The van der Waals surface area contributed by atoms with E-state index in [1.165, 1.54) is 5.57 Å². The number of carboxylic acid groups (broad SMARTS) is 1. The Bertz CT molecular complexity index is 957. The lowest BCUT2D eigenvalue weighted by molar-refractivity contribution is -0.241. The molecular weight excluding hydrogens is 464 g/mol. The van der Waals surface area contributed by atoms with Gasteiger partial charge in [-0.15, -0.1) is 0 Å². The first-order valence-corrected chi connectivity index (χ1v) is 15.1. The highest BCUT2D eigenvalue weighted by Crippen LogP contribution is 2.85. The first-order valence-electron chi connectivity index (χ1n) is 15.1. The molecule has 210 valence electrons. The zero-order valence-electron chi connectivity index (χ0n) is 24.3. The van der Waals surface area contributed by atoms with Gasteiger partial charge in [-0.05, 0) is 118 Å². The number of hydrogen-bond donors (Lipinski definition) is 3. The van der Waals surface area contributed by atoms with Gasteiger partial charge in [0.05, 0.1) is 23.7 Å². The van der Waals surface area contributed by atoms with Crippen molar-refractivity contribution < 1.29 is 24.9 Å². The highest BCUT2D eigenvalue weighted by Gasteiger charge is 2.85. The van der Waals surface area contributed by atoms with Crippen LogP contribution in [0.1, 0.15) is 106 Å². The van der Waals surface area contributed by atoms with Gasteiger partial charge < -0.3 is 20.1 Å². The first-order chi connectivity index (χ1) is 17.2. The van der Waals surface area contributed by atoms with Crippen LogP contribution in [0.3, 0.4) is 0 Å². The molecule has 1 spiro atoms. The predicted molar refractivity (Wildman–Crippen MR) is 145 cm³/mol. The van der Waals surface area contributed by atoms with Crippen LogP contribution in [-0.2, 0) is 9.53 Å². The molecule has 5 aliphatic rings. The predicted octanol–water partition coefficient (Wildman–Crippen LogP) is 6.22. The Hall–Kier alpha value is -0.910. The monoisotopic (exact) mass is 516 g/mol. The van der Waals surface area contributed by atoms with Crippen molar-refractivity contribution in [3.63, 3.8) is 0 Å². The van der Waals surface area contributed by atoms with E-state index < -0.39 is 22.9 Å². The normalized spacial score (nSPS) is 54.2. The standard InChI is InChI=1S/C32H52O5/c1-8-37-25-17-30(7)24(32(25)18-31(32,27(35)36)13-9-10-19(2)3)16-23(34)26-28(5)14-12-22(33)20(4)21(28)11-15-29(26,30)6/h10,20-26,33-34H,8-9,11-18H2,1-7H3,(H,35,36)/t20-,21-,22+,23+,24+,25-,26?,28-,29-,30-,31+,32+/m0/s1. The molecular formula is C32H52O5. The molecule has 0 aromatic carbocycles. The van der Waals surface area contributed by atoms with E-state index in [1.807, 2.05) is 6.92 Å². The Kier molecular flexibility index (Phi) is 6.57. The summed E-state index contributed by atoms with van der Waals surface area (Å²) >= 11 is 0. The number of carbonyl (C=O) groups is 1. The van der Waals surface area contributed by atoms with Crippen molar-refractivity contribution in [3.8, 4) is 0 Å². The number of aliphatic carboxylic acids is 1. The van der Waals surface area contributed by atoms with E-state index in [0.717, 1.165) is 38.5 Å². The second-order valence-electron chi connectivity index (χ2n) is 14.9. The summed E-state index contributed by atoms with van der Waals surface area (Å²) in [5.74, 6) is 0.310. The van der Waals surface area contributed by atoms with Gasteiger partial charge in [-0.2, -0.15) is 0 Å². The third-order valence-electron chi connectivity index (χ3n) is 13.4. The molecule has 0 aromatic heterocycles. The Balaban J connectivity index is 1.57. The molecule has 37 heavy (non-hydrogen) atoms. The van der Waals surface area contributed by atoms with Crippen molar-refractivity contribution in [1.82, 2.24) is 0 Å². The van der Waals surface area contributed by atoms with E-state index in [9.17, 15) is 20.1 Å². The smallest absolute Gasteiger partial charge is 0.310 e. The SMILES string of the molecule is CCO[C@H]1C[C@@]2(C)[C@@H](C[C@@H](O)C3[C@]2(C)CC[C@H]2[C@H](C)[C@H](O)CC[C@]32C)[C@]12C[C@]2(CCC=C(C)C)C(=O)O. The Morgan fingerprint density at radius 2 is 1.76 bits per heavy atom. The van der Waals surface area contributed by atoms with Gasteiger partial charge in [0.2, 0.25) is 0 Å². The highest BCUT2D eigenvalue weighted by molar-refractivity contribution is 5.81. The number of hydrogen-bond acceptors (Lipinski definition) is 4. The van der Waals surface area contributed by atoms with Gasteiger partial charge >= 0.3 is 5.97 Å². The van der Waals surface area contributed by atoms with E-state index in [0.29, 0.717) is 31.8 Å². The number of rotatable bonds is 6.